The van der Waals surface area contributed by atoms with Gasteiger partial charge in [0, 0.05) is 32.0 Å². The van der Waals surface area contributed by atoms with Crippen LogP contribution in [0.3, 0.4) is 0 Å². The molecule has 1 aliphatic rings. The fourth-order valence-corrected chi connectivity index (χ4v) is 4.94. The molecule has 168 valence electrons. The summed E-state index contributed by atoms with van der Waals surface area (Å²) in [5.74, 6) is 1.31. The third kappa shape index (κ3) is 5.57. The van der Waals surface area contributed by atoms with Crippen molar-refractivity contribution in [1.29, 1.82) is 0 Å². The molecule has 0 fully saturated rings. The molecule has 1 atom stereocenters. The number of nitrogens with zero attached hydrogens (tertiary/aromatic N) is 1. The Bertz CT molecular complexity index is 1020. The van der Waals surface area contributed by atoms with E-state index in [-0.39, 0.29) is 29.8 Å². The van der Waals surface area contributed by atoms with Crippen LogP contribution in [0.25, 0.3) is 0 Å². The lowest BCUT2D eigenvalue weighted by Crippen LogP contribution is -2.41. The first-order chi connectivity index (χ1) is 14.6. The number of rotatable bonds is 8. The number of carbonyl (C=O) groups is 1. The van der Waals surface area contributed by atoms with Gasteiger partial charge in [0.05, 0.1) is 18.0 Å². The Labute approximate surface area is 184 Å². The maximum Gasteiger partial charge on any atom is 0.242 e. The molecule has 1 heterocycles. The summed E-state index contributed by atoms with van der Waals surface area (Å²) in [6, 6.07) is 13.7. The Morgan fingerprint density at radius 3 is 2.61 bits per heavy atom. The van der Waals surface area contributed by atoms with Gasteiger partial charge in [0.2, 0.25) is 15.9 Å². The standard InChI is InChI=1S/C23H30N2O5S/c1-23(2)16-20(19-15-17(29-4)12-13-21(19)30-23)24-22(26)11-8-14-25(3)31(27,28)18-9-6-5-7-10-18/h5-7,9-10,12-13,15,20H,8,11,14,16H2,1-4H3,(H,24,26)/t20-/m0/s1. The van der Waals surface area contributed by atoms with Gasteiger partial charge in [0.1, 0.15) is 17.1 Å². The minimum Gasteiger partial charge on any atom is -0.497 e. The van der Waals surface area contributed by atoms with E-state index in [0.717, 1.165) is 11.3 Å². The van der Waals surface area contributed by atoms with Crippen molar-refractivity contribution in [3.63, 3.8) is 0 Å². The van der Waals surface area contributed by atoms with Crippen molar-refractivity contribution in [3.8, 4) is 11.5 Å². The van der Waals surface area contributed by atoms with Gasteiger partial charge in [-0.25, -0.2) is 12.7 Å². The number of carbonyl (C=O) groups excluding carboxylic acids is 1. The lowest BCUT2D eigenvalue weighted by Gasteiger charge is -2.38. The smallest absolute Gasteiger partial charge is 0.242 e. The summed E-state index contributed by atoms with van der Waals surface area (Å²) in [4.78, 5) is 12.9. The molecule has 0 aromatic heterocycles. The van der Waals surface area contributed by atoms with Crippen LogP contribution >= 0.6 is 0 Å². The number of methoxy groups -OCH3 is 1. The predicted molar refractivity (Wildman–Crippen MR) is 119 cm³/mol. The molecule has 0 saturated carbocycles. The number of fused-ring (bicyclic) bond motifs is 1. The molecule has 0 spiro atoms. The van der Waals surface area contributed by atoms with E-state index in [1.807, 2.05) is 32.0 Å². The maximum atomic E-state index is 12.6. The lowest BCUT2D eigenvalue weighted by atomic mass is 9.89. The fraction of sp³-hybridized carbons (Fsp3) is 0.435. The molecule has 1 amide bonds. The Hall–Kier alpha value is -2.58. The van der Waals surface area contributed by atoms with Crippen molar-refractivity contribution in [2.75, 3.05) is 20.7 Å². The molecule has 0 saturated heterocycles. The second-order valence-corrected chi connectivity index (χ2v) is 10.4. The lowest BCUT2D eigenvalue weighted by molar-refractivity contribution is -0.122. The molecule has 0 bridgehead atoms. The van der Waals surface area contributed by atoms with Crippen LogP contribution in [0.2, 0.25) is 0 Å². The largest absolute Gasteiger partial charge is 0.497 e. The van der Waals surface area contributed by atoms with Gasteiger partial charge in [-0.15, -0.1) is 0 Å². The van der Waals surface area contributed by atoms with Gasteiger partial charge in [-0.1, -0.05) is 18.2 Å². The quantitative estimate of drug-likeness (QED) is 0.671. The number of benzene rings is 2. The molecule has 1 N–H and O–H groups in total. The highest BCUT2D eigenvalue weighted by molar-refractivity contribution is 7.89. The molecule has 8 heteroatoms. The van der Waals surface area contributed by atoms with E-state index in [9.17, 15) is 13.2 Å². The van der Waals surface area contributed by atoms with Crippen LogP contribution in [-0.4, -0.2) is 44.9 Å². The van der Waals surface area contributed by atoms with E-state index in [2.05, 4.69) is 5.32 Å². The molecular weight excluding hydrogens is 416 g/mol. The van der Waals surface area contributed by atoms with Crippen molar-refractivity contribution in [2.24, 2.45) is 0 Å². The molecular formula is C23H30N2O5S. The number of sulfonamides is 1. The van der Waals surface area contributed by atoms with Gasteiger partial charge in [-0.3, -0.25) is 4.79 Å². The SMILES string of the molecule is COc1ccc2c(c1)[C@@H](NC(=O)CCCN(C)S(=O)(=O)c1ccccc1)CC(C)(C)O2. The molecule has 0 unspecified atom stereocenters. The second-order valence-electron chi connectivity index (χ2n) is 8.33. The summed E-state index contributed by atoms with van der Waals surface area (Å²) in [5, 5.41) is 3.08. The number of ether oxygens (including phenoxy) is 2. The first kappa shape index (κ1) is 23.1. The summed E-state index contributed by atoms with van der Waals surface area (Å²) < 4.78 is 37.8. The number of nitrogens with one attached hydrogen (secondary N) is 1. The van der Waals surface area contributed by atoms with Crippen molar-refractivity contribution < 1.29 is 22.7 Å². The summed E-state index contributed by atoms with van der Waals surface area (Å²) >= 11 is 0. The van der Waals surface area contributed by atoms with Crippen LogP contribution in [0, 0.1) is 0 Å². The van der Waals surface area contributed by atoms with Crippen LogP contribution in [0.5, 0.6) is 11.5 Å². The highest BCUT2D eigenvalue weighted by Crippen LogP contribution is 2.41. The Morgan fingerprint density at radius 2 is 1.94 bits per heavy atom. The monoisotopic (exact) mass is 446 g/mol. The normalized spacial score (nSPS) is 17.5. The van der Waals surface area contributed by atoms with Crippen LogP contribution in [0.1, 0.15) is 44.7 Å². The maximum absolute atomic E-state index is 12.6. The predicted octanol–water partition coefficient (Wildman–Crippen LogP) is 3.51. The van der Waals surface area contributed by atoms with Crippen LogP contribution in [0.4, 0.5) is 0 Å². The van der Waals surface area contributed by atoms with Crippen molar-refractivity contribution in [2.45, 2.75) is 49.6 Å². The molecule has 2 aromatic carbocycles. The average Bonchev–Trinajstić information content (AvgIpc) is 2.73. The van der Waals surface area contributed by atoms with Gasteiger partial charge in [-0.2, -0.15) is 0 Å². The van der Waals surface area contributed by atoms with E-state index in [1.165, 1.54) is 11.4 Å². The molecule has 2 aromatic rings. The zero-order chi connectivity index (χ0) is 22.6. The molecule has 7 nitrogen and oxygen atoms in total. The van der Waals surface area contributed by atoms with Crippen molar-refractivity contribution >= 4 is 15.9 Å². The summed E-state index contributed by atoms with van der Waals surface area (Å²) in [7, 11) is -0.424. The Balaban J connectivity index is 1.60. The highest BCUT2D eigenvalue weighted by Gasteiger charge is 2.34. The second kappa shape index (κ2) is 9.28. The molecule has 0 aliphatic carbocycles. The summed E-state index contributed by atoms with van der Waals surface area (Å²) in [6.45, 7) is 4.24. The zero-order valence-electron chi connectivity index (χ0n) is 18.4. The first-order valence-corrected chi connectivity index (χ1v) is 11.7. The van der Waals surface area contributed by atoms with E-state index in [0.29, 0.717) is 18.6 Å². The van der Waals surface area contributed by atoms with E-state index >= 15 is 0 Å². The van der Waals surface area contributed by atoms with Gasteiger partial charge in [0.15, 0.2) is 0 Å². The van der Waals surface area contributed by atoms with Crippen LogP contribution in [-0.2, 0) is 14.8 Å². The minimum atomic E-state index is -3.56. The first-order valence-electron chi connectivity index (χ1n) is 10.3. The van der Waals surface area contributed by atoms with E-state index < -0.39 is 15.6 Å². The van der Waals surface area contributed by atoms with Gasteiger partial charge in [-0.05, 0) is 50.6 Å². The fourth-order valence-electron chi connectivity index (χ4n) is 3.71. The number of hydrogen-bond acceptors (Lipinski definition) is 5. The van der Waals surface area contributed by atoms with Gasteiger partial charge in [0.25, 0.3) is 0 Å². The number of amides is 1. The van der Waals surface area contributed by atoms with Crippen LogP contribution in [0.15, 0.2) is 53.4 Å². The molecule has 1 aliphatic heterocycles. The van der Waals surface area contributed by atoms with Crippen molar-refractivity contribution in [3.05, 3.63) is 54.1 Å². The Kier molecular flexibility index (Phi) is 6.91. The van der Waals surface area contributed by atoms with E-state index in [1.54, 1.807) is 37.4 Å². The molecule has 3 rings (SSSR count). The van der Waals surface area contributed by atoms with Gasteiger partial charge < -0.3 is 14.8 Å². The van der Waals surface area contributed by atoms with Crippen LogP contribution < -0.4 is 14.8 Å². The summed E-state index contributed by atoms with van der Waals surface area (Å²) in [5.41, 5.74) is 0.472. The third-order valence-corrected chi connectivity index (χ3v) is 7.21. The zero-order valence-corrected chi connectivity index (χ0v) is 19.2. The summed E-state index contributed by atoms with van der Waals surface area (Å²) in [6.07, 6.45) is 1.28. The average molecular weight is 447 g/mol. The Morgan fingerprint density at radius 1 is 1.23 bits per heavy atom. The van der Waals surface area contributed by atoms with E-state index in [4.69, 9.17) is 9.47 Å². The van der Waals surface area contributed by atoms with Crippen molar-refractivity contribution in [1.82, 2.24) is 9.62 Å². The molecule has 31 heavy (non-hydrogen) atoms. The van der Waals surface area contributed by atoms with Gasteiger partial charge >= 0.3 is 0 Å². The third-order valence-electron chi connectivity index (χ3n) is 5.34. The molecule has 0 radical (unpaired) electrons. The number of hydrogen-bond donors (Lipinski definition) is 1. The highest BCUT2D eigenvalue weighted by atomic mass is 32.2. The topological polar surface area (TPSA) is 84.9 Å². The minimum absolute atomic E-state index is 0.123.